The molecule has 0 aliphatic rings. The van der Waals surface area contributed by atoms with Crippen molar-refractivity contribution in [1.29, 1.82) is 0 Å². The molecule has 1 heterocycles. The first-order valence-electron chi connectivity index (χ1n) is 8.75. The Labute approximate surface area is 153 Å². The number of hydrogen-bond donors (Lipinski definition) is 1. The van der Waals surface area contributed by atoms with E-state index in [9.17, 15) is 4.79 Å². The minimum atomic E-state index is -0.0521. The van der Waals surface area contributed by atoms with Gasteiger partial charge in [0.1, 0.15) is 0 Å². The van der Waals surface area contributed by atoms with E-state index in [0.29, 0.717) is 37.5 Å². The molecular formula is C21H22N2O3. The van der Waals surface area contributed by atoms with Crippen molar-refractivity contribution in [3.63, 3.8) is 0 Å². The smallest absolute Gasteiger partial charge is 0.224 e. The lowest BCUT2D eigenvalue weighted by Gasteiger charge is -2.11. The van der Waals surface area contributed by atoms with E-state index >= 15 is 0 Å². The monoisotopic (exact) mass is 350 g/mol. The summed E-state index contributed by atoms with van der Waals surface area (Å²) in [4.78, 5) is 16.5. The van der Waals surface area contributed by atoms with Crippen molar-refractivity contribution in [2.45, 2.75) is 19.8 Å². The SMILES string of the molecule is CCOc1ccccc1OCCCC(=O)Nc1cnc2ccccc2c1. The van der Waals surface area contributed by atoms with Crippen LogP contribution in [0.3, 0.4) is 0 Å². The highest BCUT2D eigenvalue weighted by Crippen LogP contribution is 2.26. The number of amides is 1. The number of pyridine rings is 1. The molecule has 3 aromatic rings. The number of carbonyl (C=O) groups is 1. The molecule has 1 amide bonds. The van der Waals surface area contributed by atoms with Crippen molar-refractivity contribution in [1.82, 2.24) is 4.98 Å². The maximum atomic E-state index is 12.1. The number of benzene rings is 2. The number of nitrogens with zero attached hydrogens (tertiary/aromatic N) is 1. The van der Waals surface area contributed by atoms with Gasteiger partial charge in [0.15, 0.2) is 11.5 Å². The molecule has 0 radical (unpaired) electrons. The standard InChI is InChI=1S/C21H22N2O3/c1-2-25-19-10-5-6-11-20(19)26-13-7-12-21(24)23-17-14-16-8-3-4-9-18(16)22-15-17/h3-6,8-11,14-15H,2,7,12-13H2,1H3,(H,23,24). The predicted molar refractivity (Wildman–Crippen MR) is 103 cm³/mol. The van der Waals surface area contributed by atoms with Crippen molar-refractivity contribution in [3.8, 4) is 11.5 Å². The molecule has 2 aromatic carbocycles. The molecule has 5 heteroatoms. The Hall–Kier alpha value is -3.08. The lowest BCUT2D eigenvalue weighted by molar-refractivity contribution is -0.116. The van der Waals surface area contributed by atoms with Gasteiger partial charge < -0.3 is 14.8 Å². The van der Waals surface area contributed by atoms with Crippen molar-refractivity contribution in [3.05, 3.63) is 60.8 Å². The first-order chi connectivity index (χ1) is 12.8. The number of hydrogen-bond acceptors (Lipinski definition) is 4. The second-order valence-corrected chi connectivity index (χ2v) is 5.80. The third-order valence-electron chi connectivity index (χ3n) is 3.83. The van der Waals surface area contributed by atoms with E-state index in [2.05, 4.69) is 10.3 Å². The molecule has 0 bridgehead atoms. The Morgan fingerprint density at radius 2 is 1.77 bits per heavy atom. The Bertz CT molecular complexity index is 880. The Morgan fingerprint density at radius 3 is 2.58 bits per heavy atom. The molecular weight excluding hydrogens is 328 g/mol. The van der Waals surface area contributed by atoms with Crippen molar-refractivity contribution >= 4 is 22.5 Å². The summed E-state index contributed by atoms with van der Waals surface area (Å²) in [5.74, 6) is 1.37. The summed E-state index contributed by atoms with van der Waals surface area (Å²) < 4.78 is 11.2. The highest BCUT2D eigenvalue weighted by molar-refractivity contribution is 5.93. The van der Waals surface area contributed by atoms with Crippen LogP contribution in [0.15, 0.2) is 60.8 Å². The molecule has 0 unspecified atom stereocenters. The molecule has 5 nitrogen and oxygen atoms in total. The van der Waals surface area contributed by atoms with Crippen LogP contribution in [0.2, 0.25) is 0 Å². The van der Waals surface area contributed by atoms with Crippen LogP contribution < -0.4 is 14.8 Å². The molecule has 0 aliphatic carbocycles. The average Bonchev–Trinajstić information content (AvgIpc) is 2.66. The fraction of sp³-hybridized carbons (Fsp3) is 0.238. The van der Waals surface area contributed by atoms with Gasteiger partial charge in [-0.15, -0.1) is 0 Å². The molecule has 134 valence electrons. The van der Waals surface area contributed by atoms with Crippen LogP contribution >= 0.6 is 0 Å². The zero-order valence-electron chi connectivity index (χ0n) is 14.8. The fourth-order valence-corrected chi connectivity index (χ4v) is 2.62. The number of nitrogens with one attached hydrogen (secondary N) is 1. The van der Waals surface area contributed by atoms with E-state index in [4.69, 9.17) is 9.47 Å². The van der Waals surface area contributed by atoms with Gasteiger partial charge in [-0.3, -0.25) is 9.78 Å². The molecule has 0 aliphatic heterocycles. The highest BCUT2D eigenvalue weighted by Gasteiger charge is 2.06. The summed E-state index contributed by atoms with van der Waals surface area (Å²) in [6.07, 6.45) is 2.67. The molecule has 26 heavy (non-hydrogen) atoms. The van der Waals surface area contributed by atoms with Crippen LogP contribution in [0.1, 0.15) is 19.8 Å². The van der Waals surface area contributed by atoms with Crippen molar-refractivity contribution in [2.75, 3.05) is 18.5 Å². The van der Waals surface area contributed by atoms with Gasteiger partial charge >= 0.3 is 0 Å². The number of aromatic nitrogens is 1. The van der Waals surface area contributed by atoms with Crippen LogP contribution in [0.25, 0.3) is 10.9 Å². The van der Waals surface area contributed by atoms with Gasteiger partial charge in [-0.05, 0) is 37.6 Å². The molecule has 3 rings (SSSR count). The summed E-state index contributed by atoms with van der Waals surface area (Å²) in [5, 5.41) is 3.88. The third kappa shape index (κ3) is 4.72. The number of ether oxygens (including phenoxy) is 2. The molecule has 1 N–H and O–H groups in total. The van der Waals surface area contributed by atoms with E-state index in [1.807, 2.05) is 61.5 Å². The summed E-state index contributed by atoms with van der Waals surface area (Å²) in [7, 11) is 0. The second-order valence-electron chi connectivity index (χ2n) is 5.80. The molecule has 0 fully saturated rings. The van der Waals surface area contributed by atoms with Gasteiger partial charge in [-0.25, -0.2) is 0 Å². The van der Waals surface area contributed by atoms with Crippen LogP contribution in [-0.4, -0.2) is 24.1 Å². The third-order valence-corrected chi connectivity index (χ3v) is 3.83. The number of fused-ring (bicyclic) bond motifs is 1. The summed E-state index contributed by atoms with van der Waals surface area (Å²) in [5.41, 5.74) is 1.61. The lowest BCUT2D eigenvalue weighted by atomic mass is 10.2. The normalized spacial score (nSPS) is 10.5. The maximum Gasteiger partial charge on any atom is 0.224 e. The lowest BCUT2D eigenvalue weighted by Crippen LogP contribution is -2.13. The van der Waals surface area contributed by atoms with E-state index in [1.54, 1.807) is 6.20 Å². The van der Waals surface area contributed by atoms with E-state index < -0.39 is 0 Å². The Morgan fingerprint density at radius 1 is 1.04 bits per heavy atom. The van der Waals surface area contributed by atoms with Gasteiger partial charge in [-0.2, -0.15) is 0 Å². The first kappa shape index (κ1) is 17.7. The van der Waals surface area contributed by atoms with Gasteiger partial charge in [0.25, 0.3) is 0 Å². The van der Waals surface area contributed by atoms with Gasteiger partial charge in [-0.1, -0.05) is 30.3 Å². The van der Waals surface area contributed by atoms with Gasteiger partial charge in [0.05, 0.1) is 30.6 Å². The average molecular weight is 350 g/mol. The summed E-state index contributed by atoms with van der Waals surface area (Å²) in [6, 6.07) is 17.3. The molecule has 0 saturated carbocycles. The largest absolute Gasteiger partial charge is 0.490 e. The zero-order valence-corrected chi connectivity index (χ0v) is 14.8. The molecule has 0 spiro atoms. The fourth-order valence-electron chi connectivity index (χ4n) is 2.62. The van der Waals surface area contributed by atoms with Crippen LogP contribution in [0, 0.1) is 0 Å². The number of rotatable bonds is 8. The summed E-state index contributed by atoms with van der Waals surface area (Å²) in [6.45, 7) is 2.97. The minimum Gasteiger partial charge on any atom is -0.490 e. The van der Waals surface area contributed by atoms with E-state index in [-0.39, 0.29) is 5.91 Å². The number of carbonyl (C=O) groups excluding carboxylic acids is 1. The minimum absolute atomic E-state index is 0.0521. The van der Waals surface area contributed by atoms with Gasteiger partial charge in [0, 0.05) is 11.8 Å². The van der Waals surface area contributed by atoms with Crippen LogP contribution in [0.5, 0.6) is 11.5 Å². The van der Waals surface area contributed by atoms with E-state index in [0.717, 1.165) is 16.7 Å². The van der Waals surface area contributed by atoms with Gasteiger partial charge in [0.2, 0.25) is 5.91 Å². The quantitative estimate of drug-likeness (QED) is 0.611. The maximum absolute atomic E-state index is 12.1. The van der Waals surface area contributed by atoms with Crippen LogP contribution in [0.4, 0.5) is 5.69 Å². The van der Waals surface area contributed by atoms with Crippen molar-refractivity contribution in [2.24, 2.45) is 0 Å². The molecule has 0 atom stereocenters. The first-order valence-corrected chi connectivity index (χ1v) is 8.75. The second kappa shape index (κ2) is 8.85. The molecule has 0 saturated heterocycles. The zero-order chi connectivity index (χ0) is 18.2. The topological polar surface area (TPSA) is 60.5 Å². The van der Waals surface area contributed by atoms with E-state index in [1.165, 1.54) is 0 Å². The van der Waals surface area contributed by atoms with Crippen molar-refractivity contribution < 1.29 is 14.3 Å². The Kier molecular flexibility index (Phi) is 6.04. The highest BCUT2D eigenvalue weighted by atomic mass is 16.5. The predicted octanol–water partition coefficient (Wildman–Crippen LogP) is 4.43. The molecule has 1 aromatic heterocycles. The number of para-hydroxylation sites is 3. The Balaban J connectivity index is 1.47. The summed E-state index contributed by atoms with van der Waals surface area (Å²) >= 11 is 0. The number of anilines is 1. The van der Waals surface area contributed by atoms with Crippen LogP contribution in [-0.2, 0) is 4.79 Å².